The Bertz CT molecular complexity index is 1470. The number of para-hydroxylation sites is 1. The van der Waals surface area contributed by atoms with Gasteiger partial charge < -0.3 is 4.74 Å². The lowest BCUT2D eigenvalue weighted by atomic mass is 9.33. The highest BCUT2D eigenvalue weighted by atomic mass is 16.5. The number of carbonyl (C=O) groups is 1. The molecule has 0 aliphatic heterocycles. The van der Waals surface area contributed by atoms with E-state index in [0.717, 1.165) is 41.5 Å². The van der Waals surface area contributed by atoms with Crippen LogP contribution in [0, 0.1) is 56.7 Å². The first-order valence-electron chi connectivity index (χ1n) is 17.5. The van der Waals surface area contributed by atoms with Crippen molar-refractivity contribution in [1.82, 2.24) is 4.98 Å². The van der Waals surface area contributed by atoms with Gasteiger partial charge in [-0.25, -0.2) is 9.78 Å². The number of hydrogen-bond donors (Lipinski definition) is 0. The molecule has 0 bridgehead atoms. The van der Waals surface area contributed by atoms with Gasteiger partial charge in [-0.05, 0) is 121 Å². The van der Waals surface area contributed by atoms with Crippen LogP contribution in [0.25, 0.3) is 10.9 Å². The SMILES string of the molecule is C[C@H]1[C@H](C)CC[C@]2(C)CC[C@]3(C)C(=CC[C@@H]4[C@@]5(C)CC[C@H](OC(=O)c6ccc7ccccc7n6)C(C)(C)[C@@H]5CC[C@]43C)[C@H]12. The third-order valence-corrected chi connectivity index (χ3v) is 15.4. The summed E-state index contributed by atoms with van der Waals surface area (Å²) in [5.74, 6) is 3.28. The molecule has 1 aromatic heterocycles. The van der Waals surface area contributed by atoms with Gasteiger partial charge in [-0.3, -0.25) is 0 Å². The van der Waals surface area contributed by atoms with E-state index in [1.165, 1.54) is 44.9 Å². The first-order chi connectivity index (χ1) is 20.2. The van der Waals surface area contributed by atoms with Crippen LogP contribution in [0.4, 0.5) is 0 Å². The van der Waals surface area contributed by atoms with Gasteiger partial charge in [0.05, 0.1) is 5.52 Å². The zero-order chi connectivity index (χ0) is 30.6. The van der Waals surface area contributed by atoms with Crippen molar-refractivity contribution in [2.75, 3.05) is 0 Å². The topological polar surface area (TPSA) is 39.2 Å². The van der Waals surface area contributed by atoms with Gasteiger partial charge in [0.25, 0.3) is 0 Å². The number of fused-ring (bicyclic) bond motifs is 8. The molecule has 0 unspecified atom stereocenters. The summed E-state index contributed by atoms with van der Waals surface area (Å²) < 4.78 is 6.38. The Kier molecular flexibility index (Phi) is 6.64. The maximum atomic E-state index is 13.5. The van der Waals surface area contributed by atoms with Crippen LogP contribution in [0.2, 0.25) is 0 Å². The summed E-state index contributed by atoms with van der Waals surface area (Å²) in [6, 6.07) is 11.8. The molecule has 0 saturated heterocycles. The van der Waals surface area contributed by atoms with Gasteiger partial charge in [0.15, 0.2) is 0 Å². The van der Waals surface area contributed by atoms with E-state index in [2.05, 4.69) is 66.4 Å². The van der Waals surface area contributed by atoms with Crippen molar-refractivity contribution in [1.29, 1.82) is 0 Å². The van der Waals surface area contributed by atoms with E-state index in [0.29, 0.717) is 28.4 Å². The van der Waals surface area contributed by atoms with E-state index < -0.39 is 0 Å². The summed E-state index contributed by atoms with van der Waals surface area (Å²) in [5, 5.41) is 1.05. The number of carbonyl (C=O) groups excluding carboxylic acids is 1. The second-order valence-electron chi connectivity index (χ2n) is 17.4. The van der Waals surface area contributed by atoms with Crippen molar-refractivity contribution in [3.05, 3.63) is 53.7 Å². The van der Waals surface area contributed by atoms with Crippen molar-refractivity contribution in [2.24, 2.45) is 56.7 Å². The van der Waals surface area contributed by atoms with E-state index in [4.69, 9.17) is 4.74 Å². The molecule has 2 aromatic rings. The lowest BCUT2D eigenvalue weighted by molar-refractivity contribution is -0.204. The number of nitrogens with zero attached hydrogens (tertiary/aromatic N) is 1. The quantitative estimate of drug-likeness (QED) is 0.262. The molecular formula is C40H55NO2. The van der Waals surface area contributed by atoms with Gasteiger partial charge in [0.1, 0.15) is 11.8 Å². The Labute approximate surface area is 260 Å². The van der Waals surface area contributed by atoms with Crippen LogP contribution in [0.1, 0.15) is 124 Å². The van der Waals surface area contributed by atoms with Gasteiger partial charge in [0, 0.05) is 10.8 Å². The van der Waals surface area contributed by atoms with Gasteiger partial charge in [-0.1, -0.05) is 91.3 Å². The molecule has 0 amide bonds. The number of aromatic nitrogens is 1. The number of benzene rings is 1. The molecule has 43 heavy (non-hydrogen) atoms. The molecule has 1 heterocycles. The van der Waals surface area contributed by atoms with Crippen LogP contribution in [0.15, 0.2) is 48.0 Å². The maximum absolute atomic E-state index is 13.5. The fraction of sp³-hybridized carbons (Fsp3) is 0.700. The maximum Gasteiger partial charge on any atom is 0.357 e. The minimum Gasteiger partial charge on any atom is -0.457 e. The first-order valence-corrected chi connectivity index (χ1v) is 17.5. The smallest absolute Gasteiger partial charge is 0.357 e. The summed E-state index contributed by atoms with van der Waals surface area (Å²) in [4.78, 5) is 18.1. The number of esters is 1. The molecular weight excluding hydrogens is 526 g/mol. The molecule has 4 saturated carbocycles. The van der Waals surface area contributed by atoms with Gasteiger partial charge in [-0.15, -0.1) is 0 Å². The third kappa shape index (κ3) is 4.04. The first kappa shape index (κ1) is 29.5. The molecule has 5 aliphatic carbocycles. The zero-order valence-corrected chi connectivity index (χ0v) is 28.1. The van der Waals surface area contributed by atoms with Crippen LogP contribution < -0.4 is 0 Å². The minimum absolute atomic E-state index is 0.0792. The summed E-state index contributed by atoms with van der Waals surface area (Å²) in [7, 11) is 0. The second kappa shape index (κ2) is 9.67. The summed E-state index contributed by atoms with van der Waals surface area (Å²) in [6.45, 7) is 20.5. The Balaban J connectivity index is 1.17. The Morgan fingerprint density at radius 1 is 0.837 bits per heavy atom. The second-order valence-corrected chi connectivity index (χ2v) is 17.4. The largest absolute Gasteiger partial charge is 0.457 e. The normalized spacial score (nSPS) is 45.2. The standard InChI is InChI=1S/C40H55NO2/c1-25-17-20-37(5)23-24-39(7)28(34(37)26(25)2)14-16-32-38(6)21-19-33(36(3,4)31(38)18-22-40(32,39)8)43-35(42)30-15-13-27-11-9-10-12-29(27)41-30/h9-15,25-26,31-34H,16-24H2,1-8H3/t25-,26+,31+,32-,33+,34+,37-,38+,39-,40-/m1/s1. The Morgan fingerprint density at radius 2 is 1.60 bits per heavy atom. The fourth-order valence-corrected chi connectivity index (χ4v) is 12.4. The highest BCUT2D eigenvalue weighted by Gasteiger charge is 2.68. The van der Waals surface area contributed by atoms with Gasteiger partial charge >= 0.3 is 5.97 Å². The average Bonchev–Trinajstić information content (AvgIpc) is 2.97. The predicted octanol–water partition coefficient (Wildman–Crippen LogP) is 10.4. The van der Waals surface area contributed by atoms with E-state index >= 15 is 0 Å². The molecule has 0 N–H and O–H groups in total. The van der Waals surface area contributed by atoms with Crippen LogP contribution in [-0.4, -0.2) is 17.1 Å². The van der Waals surface area contributed by atoms with Crippen LogP contribution in [0.5, 0.6) is 0 Å². The summed E-state index contributed by atoms with van der Waals surface area (Å²) in [6.07, 6.45) is 14.1. The van der Waals surface area contributed by atoms with Gasteiger partial charge in [0.2, 0.25) is 0 Å². The van der Waals surface area contributed by atoms with E-state index in [1.807, 2.05) is 42.0 Å². The lowest BCUT2D eigenvalue weighted by Crippen LogP contribution is -2.65. The molecule has 10 atom stereocenters. The van der Waals surface area contributed by atoms with Crippen molar-refractivity contribution >= 4 is 16.9 Å². The zero-order valence-electron chi connectivity index (χ0n) is 28.1. The summed E-state index contributed by atoms with van der Waals surface area (Å²) in [5.41, 5.74) is 4.37. The van der Waals surface area contributed by atoms with Gasteiger partial charge in [-0.2, -0.15) is 0 Å². The van der Waals surface area contributed by atoms with E-state index in [9.17, 15) is 4.79 Å². The number of hydrogen-bond acceptors (Lipinski definition) is 3. The van der Waals surface area contributed by atoms with Crippen LogP contribution >= 0.6 is 0 Å². The molecule has 5 aliphatic rings. The third-order valence-electron chi connectivity index (χ3n) is 15.4. The number of ether oxygens (including phenoxy) is 1. The number of rotatable bonds is 2. The van der Waals surface area contributed by atoms with Crippen LogP contribution in [0.3, 0.4) is 0 Å². The van der Waals surface area contributed by atoms with Crippen molar-refractivity contribution in [3.8, 4) is 0 Å². The monoisotopic (exact) mass is 581 g/mol. The molecule has 0 radical (unpaired) electrons. The predicted molar refractivity (Wildman–Crippen MR) is 176 cm³/mol. The minimum atomic E-state index is -0.271. The average molecular weight is 582 g/mol. The Morgan fingerprint density at radius 3 is 2.40 bits per heavy atom. The van der Waals surface area contributed by atoms with Crippen LogP contribution in [-0.2, 0) is 4.74 Å². The van der Waals surface area contributed by atoms with Crippen molar-refractivity contribution in [2.45, 2.75) is 119 Å². The molecule has 232 valence electrons. The summed E-state index contributed by atoms with van der Waals surface area (Å²) >= 11 is 0. The van der Waals surface area contributed by atoms with Crippen molar-refractivity contribution < 1.29 is 9.53 Å². The highest BCUT2D eigenvalue weighted by molar-refractivity contribution is 5.91. The molecule has 0 spiro atoms. The fourth-order valence-electron chi connectivity index (χ4n) is 12.4. The van der Waals surface area contributed by atoms with Crippen molar-refractivity contribution in [3.63, 3.8) is 0 Å². The molecule has 1 aromatic carbocycles. The Hall–Kier alpha value is -2.16. The molecule has 7 rings (SSSR count). The highest BCUT2D eigenvalue weighted by Crippen LogP contribution is 2.75. The lowest BCUT2D eigenvalue weighted by Gasteiger charge is -2.71. The van der Waals surface area contributed by atoms with E-state index in [-0.39, 0.29) is 28.3 Å². The van der Waals surface area contributed by atoms with E-state index in [1.54, 1.807) is 0 Å². The molecule has 3 nitrogen and oxygen atoms in total. The molecule has 3 heteroatoms. The number of pyridine rings is 1. The molecule has 4 fully saturated rings. The number of allylic oxidation sites excluding steroid dienone is 2.